The topological polar surface area (TPSA) is 111 Å². The van der Waals surface area contributed by atoms with Gasteiger partial charge in [-0.15, -0.1) is 0 Å². The van der Waals surface area contributed by atoms with Crippen molar-refractivity contribution in [3.8, 4) is 0 Å². The number of aromatic nitrogens is 4. The number of nitrogens with zero attached hydrogens (tertiary/aromatic N) is 2. The maximum atomic E-state index is 11.4. The molecule has 0 aliphatic rings. The predicted molar refractivity (Wildman–Crippen MR) is 109 cm³/mol. The second kappa shape index (κ2) is 7.52. The fraction of sp³-hybridized carbons (Fsp3) is 0.0556. The molecule has 0 saturated heterocycles. The molecule has 0 unspecified atom stereocenters. The van der Waals surface area contributed by atoms with Crippen LogP contribution in [0.4, 0.5) is 23.0 Å². The van der Waals surface area contributed by atoms with Gasteiger partial charge in [-0.2, -0.15) is 0 Å². The number of hydrogen-bond donors (Lipinski definition) is 5. The van der Waals surface area contributed by atoms with Gasteiger partial charge in [-0.05, 0) is 55.4 Å². The summed E-state index contributed by atoms with van der Waals surface area (Å²) in [5.41, 5.74) is 3.02. The Morgan fingerprint density at radius 1 is 0.889 bits per heavy atom. The van der Waals surface area contributed by atoms with Crippen molar-refractivity contribution in [1.82, 2.24) is 24.7 Å². The van der Waals surface area contributed by atoms with E-state index in [9.17, 15) is 4.79 Å². The summed E-state index contributed by atoms with van der Waals surface area (Å²) in [6, 6.07) is 15.4. The Balaban J connectivity index is 1.53. The van der Waals surface area contributed by atoms with Crippen LogP contribution in [0.5, 0.6) is 0 Å². The number of rotatable bonds is 6. The molecular weight excluding hydrogens is 362 g/mol. The Morgan fingerprint density at radius 2 is 1.63 bits per heavy atom. The molecular formula is C18H17N7OS. The lowest BCUT2D eigenvalue weighted by Gasteiger charge is -2.09. The second-order valence-electron chi connectivity index (χ2n) is 5.71. The van der Waals surface area contributed by atoms with Gasteiger partial charge in [-0.3, -0.25) is 4.72 Å². The molecule has 4 rings (SSSR count). The van der Waals surface area contributed by atoms with E-state index in [1.165, 1.54) is 6.33 Å². The predicted octanol–water partition coefficient (Wildman–Crippen LogP) is 3.36. The van der Waals surface area contributed by atoms with Crippen LogP contribution < -0.4 is 21.0 Å². The molecule has 27 heavy (non-hydrogen) atoms. The number of hydrogen-bond acceptors (Lipinski definition) is 7. The Morgan fingerprint density at radius 3 is 2.41 bits per heavy atom. The fourth-order valence-corrected chi connectivity index (χ4v) is 3.22. The van der Waals surface area contributed by atoms with Crippen LogP contribution >= 0.6 is 11.9 Å². The van der Waals surface area contributed by atoms with Gasteiger partial charge in [0.25, 0.3) is 0 Å². The standard InChI is InChI=1S/C18H17N7OS/c1-19-27-13-4-2-3-11(7-13)22-16-9-17(21-10-20-16)23-12-5-6-14-15(8-12)25-18(26)24-14/h2-10,19H,1H3,(H2,24,25,26)(H2,20,21,22,23). The molecule has 0 atom stereocenters. The summed E-state index contributed by atoms with van der Waals surface area (Å²) in [4.78, 5) is 26.5. The quantitative estimate of drug-likeness (QED) is 0.327. The van der Waals surface area contributed by atoms with Crippen molar-refractivity contribution in [2.45, 2.75) is 4.90 Å². The van der Waals surface area contributed by atoms with Crippen molar-refractivity contribution in [3.05, 3.63) is 65.3 Å². The van der Waals surface area contributed by atoms with Crippen LogP contribution in [-0.4, -0.2) is 27.0 Å². The third kappa shape index (κ3) is 4.10. The van der Waals surface area contributed by atoms with Crippen molar-refractivity contribution in [3.63, 3.8) is 0 Å². The van der Waals surface area contributed by atoms with Crippen molar-refractivity contribution in [2.75, 3.05) is 17.7 Å². The molecule has 0 amide bonds. The first-order valence-electron chi connectivity index (χ1n) is 8.21. The Kier molecular flexibility index (Phi) is 4.77. The van der Waals surface area contributed by atoms with Gasteiger partial charge in [-0.25, -0.2) is 14.8 Å². The summed E-state index contributed by atoms with van der Waals surface area (Å²) in [5, 5.41) is 6.50. The largest absolute Gasteiger partial charge is 0.340 e. The van der Waals surface area contributed by atoms with Gasteiger partial charge < -0.3 is 20.6 Å². The lowest BCUT2D eigenvalue weighted by molar-refractivity contribution is 1.17. The lowest BCUT2D eigenvalue weighted by atomic mass is 10.2. The molecule has 0 radical (unpaired) electrons. The molecule has 0 bridgehead atoms. The van der Waals surface area contributed by atoms with Crippen molar-refractivity contribution >= 4 is 46.0 Å². The van der Waals surface area contributed by atoms with Gasteiger partial charge in [0.05, 0.1) is 11.0 Å². The van der Waals surface area contributed by atoms with E-state index in [1.807, 2.05) is 55.6 Å². The van der Waals surface area contributed by atoms with E-state index in [4.69, 9.17) is 0 Å². The Bertz CT molecular complexity index is 1140. The van der Waals surface area contributed by atoms with Crippen LogP contribution in [0.15, 0.2) is 64.5 Å². The molecule has 2 aromatic heterocycles. The average Bonchev–Trinajstić information content (AvgIpc) is 3.02. The SMILES string of the molecule is CNSc1cccc(Nc2cc(Nc3ccc4[nH]c(=O)[nH]c4c3)ncn2)c1. The van der Waals surface area contributed by atoms with Gasteiger partial charge in [0.15, 0.2) is 0 Å². The number of H-pyrrole nitrogens is 2. The van der Waals surface area contributed by atoms with Crippen LogP contribution in [0.3, 0.4) is 0 Å². The first kappa shape index (κ1) is 17.1. The minimum atomic E-state index is -0.227. The normalized spacial score (nSPS) is 10.9. The van der Waals surface area contributed by atoms with E-state index in [2.05, 4.69) is 35.3 Å². The molecule has 2 heterocycles. The fourth-order valence-electron chi connectivity index (χ4n) is 2.66. The second-order valence-corrected chi connectivity index (χ2v) is 6.80. The summed E-state index contributed by atoms with van der Waals surface area (Å²) in [5.74, 6) is 1.32. The molecule has 2 aromatic carbocycles. The third-order valence-corrected chi connectivity index (χ3v) is 4.48. The first-order valence-corrected chi connectivity index (χ1v) is 9.03. The van der Waals surface area contributed by atoms with Crippen LogP contribution in [0.25, 0.3) is 11.0 Å². The van der Waals surface area contributed by atoms with Gasteiger partial charge in [0.1, 0.15) is 18.0 Å². The van der Waals surface area contributed by atoms with Crippen LogP contribution in [0, 0.1) is 0 Å². The number of fused-ring (bicyclic) bond motifs is 1. The summed E-state index contributed by atoms with van der Waals surface area (Å²) in [6.45, 7) is 0. The number of aromatic amines is 2. The molecule has 136 valence electrons. The van der Waals surface area contributed by atoms with Gasteiger partial charge in [0, 0.05) is 22.3 Å². The third-order valence-electron chi connectivity index (χ3n) is 3.78. The molecule has 5 N–H and O–H groups in total. The summed E-state index contributed by atoms with van der Waals surface area (Å²) in [7, 11) is 1.88. The van der Waals surface area contributed by atoms with Crippen LogP contribution in [-0.2, 0) is 0 Å². The van der Waals surface area contributed by atoms with Crippen molar-refractivity contribution < 1.29 is 0 Å². The highest BCUT2D eigenvalue weighted by Gasteiger charge is 2.04. The van der Waals surface area contributed by atoms with E-state index >= 15 is 0 Å². The number of nitrogens with one attached hydrogen (secondary N) is 5. The Labute approximate surface area is 159 Å². The van der Waals surface area contributed by atoms with Crippen LogP contribution in [0.1, 0.15) is 0 Å². The zero-order chi connectivity index (χ0) is 18.6. The summed E-state index contributed by atoms with van der Waals surface area (Å²) in [6.07, 6.45) is 1.49. The molecule has 0 fully saturated rings. The molecule has 0 saturated carbocycles. The highest BCUT2D eigenvalue weighted by molar-refractivity contribution is 7.97. The smallest absolute Gasteiger partial charge is 0.323 e. The Hall–Kier alpha value is -3.30. The lowest BCUT2D eigenvalue weighted by Crippen LogP contribution is -1.99. The maximum Gasteiger partial charge on any atom is 0.323 e. The number of imidazole rings is 1. The molecule has 9 heteroatoms. The van der Waals surface area contributed by atoms with Crippen molar-refractivity contribution in [1.29, 1.82) is 0 Å². The van der Waals surface area contributed by atoms with Crippen LogP contribution in [0.2, 0.25) is 0 Å². The highest BCUT2D eigenvalue weighted by atomic mass is 32.2. The minimum Gasteiger partial charge on any atom is -0.340 e. The maximum absolute atomic E-state index is 11.4. The molecule has 0 spiro atoms. The van der Waals surface area contributed by atoms with Crippen molar-refractivity contribution in [2.24, 2.45) is 0 Å². The monoisotopic (exact) mass is 379 g/mol. The molecule has 8 nitrogen and oxygen atoms in total. The van der Waals surface area contributed by atoms with E-state index in [1.54, 1.807) is 11.9 Å². The summed E-state index contributed by atoms with van der Waals surface area (Å²) >= 11 is 1.54. The number of benzene rings is 2. The highest BCUT2D eigenvalue weighted by Crippen LogP contribution is 2.23. The zero-order valence-electron chi connectivity index (χ0n) is 14.4. The molecule has 0 aliphatic heterocycles. The van der Waals surface area contributed by atoms with Gasteiger partial charge in [0.2, 0.25) is 0 Å². The van der Waals surface area contributed by atoms with Gasteiger partial charge in [-0.1, -0.05) is 6.07 Å². The minimum absolute atomic E-state index is 0.227. The number of anilines is 4. The van der Waals surface area contributed by atoms with E-state index in [0.717, 1.165) is 27.3 Å². The summed E-state index contributed by atoms with van der Waals surface area (Å²) < 4.78 is 3.05. The van der Waals surface area contributed by atoms with E-state index in [0.29, 0.717) is 11.6 Å². The average molecular weight is 379 g/mol. The van der Waals surface area contributed by atoms with E-state index < -0.39 is 0 Å². The van der Waals surface area contributed by atoms with E-state index in [-0.39, 0.29) is 5.69 Å². The van der Waals surface area contributed by atoms with Gasteiger partial charge >= 0.3 is 5.69 Å². The molecule has 4 aromatic rings. The molecule has 0 aliphatic carbocycles. The first-order chi connectivity index (χ1) is 13.2. The zero-order valence-corrected chi connectivity index (χ0v) is 15.2.